The molecular formula is C23H24N6O. The molecule has 4 rings (SSSR count). The summed E-state index contributed by atoms with van der Waals surface area (Å²) in [6, 6.07) is 11.6. The van der Waals surface area contributed by atoms with Gasteiger partial charge in [0.05, 0.1) is 24.0 Å². The molecule has 1 aromatic carbocycles. The van der Waals surface area contributed by atoms with Gasteiger partial charge in [0.15, 0.2) is 0 Å². The quantitative estimate of drug-likeness (QED) is 0.535. The number of carbonyl (C=O) groups excluding carboxylic acids is 1. The first-order valence-electron chi connectivity index (χ1n) is 9.78. The van der Waals surface area contributed by atoms with Crippen molar-refractivity contribution in [1.82, 2.24) is 25.1 Å². The fourth-order valence-electron chi connectivity index (χ4n) is 3.62. The van der Waals surface area contributed by atoms with Crippen LogP contribution >= 0.6 is 0 Å². The molecule has 30 heavy (non-hydrogen) atoms. The van der Waals surface area contributed by atoms with Crippen LogP contribution in [-0.2, 0) is 13.1 Å². The molecule has 0 aliphatic heterocycles. The second-order valence-corrected chi connectivity index (χ2v) is 7.51. The molecule has 3 aromatic heterocycles. The lowest BCUT2D eigenvalue weighted by Gasteiger charge is -2.12. The van der Waals surface area contributed by atoms with Crippen LogP contribution < -0.4 is 11.1 Å². The molecule has 0 spiro atoms. The van der Waals surface area contributed by atoms with Crippen molar-refractivity contribution in [3.8, 4) is 0 Å². The molecule has 152 valence electrons. The van der Waals surface area contributed by atoms with Gasteiger partial charge in [-0.2, -0.15) is 5.10 Å². The molecule has 3 N–H and O–H groups in total. The first-order chi connectivity index (χ1) is 14.4. The van der Waals surface area contributed by atoms with Crippen molar-refractivity contribution in [3.63, 3.8) is 0 Å². The highest BCUT2D eigenvalue weighted by atomic mass is 16.1. The standard InChI is InChI=1S/C23H24N6O/c1-14-4-5-21-18(8-14)11-27-29(21)13-19-10-17(6-7-25-19)23(30)26-12-20-15(2)9-22(24)28-16(20)3/h4-11H,12-13H2,1-3H3,(H2,24,28)(H,26,30). The van der Waals surface area contributed by atoms with E-state index in [1.54, 1.807) is 18.3 Å². The van der Waals surface area contributed by atoms with E-state index in [9.17, 15) is 4.79 Å². The van der Waals surface area contributed by atoms with Crippen molar-refractivity contribution >= 4 is 22.6 Å². The van der Waals surface area contributed by atoms with Gasteiger partial charge in [-0.05, 0) is 62.2 Å². The van der Waals surface area contributed by atoms with Crippen molar-refractivity contribution in [2.45, 2.75) is 33.9 Å². The molecule has 0 aliphatic rings. The Morgan fingerprint density at radius 3 is 2.77 bits per heavy atom. The van der Waals surface area contributed by atoms with Crippen LogP contribution in [-0.4, -0.2) is 25.7 Å². The Morgan fingerprint density at radius 1 is 1.13 bits per heavy atom. The van der Waals surface area contributed by atoms with Crippen LogP contribution in [0.15, 0.2) is 48.8 Å². The number of benzene rings is 1. The maximum Gasteiger partial charge on any atom is 0.251 e. The predicted molar refractivity (Wildman–Crippen MR) is 117 cm³/mol. The number of nitrogen functional groups attached to an aromatic ring is 1. The maximum atomic E-state index is 12.7. The molecule has 0 aliphatic carbocycles. The number of nitrogens with zero attached hydrogens (tertiary/aromatic N) is 4. The zero-order chi connectivity index (χ0) is 21.3. The topological polar surface area (TPSA) is 98.7 Å². The van der Waals surface area contributed by atoms with Crippen LogP contribution in [0.25, 0.3) is 10.9 Å². The van der Waals surface area contributed by atoms with Crippen molar-refractivity contribution in [1.29, 1.82) is 0 Å². The van der Waals surface area contributed by atoms with E-state index in [1.807, 2.05) is 30.8 Å². The van der Waals surface area contributed by atoms with E-state index in [2.05, 4.69) is 45.5 Å². The Morgan fingerprint density at radius 2 is 1.97 bits per heavy atom. The van der Waals surface area contributed by atoms with E-state index in [0.717, 1.165) is 33.4 Å². The summed E-state index contributed by atoms with van der Waals surface area (Å²) < 4.78 is 1.89. The van der Waals surface area contributed by atoms with Gasteiger partial charge in [0, 0.05) is 29.4 Å². The molecule has 7 heteroatoms. The summed E-state index contributed by atoms with van der Waals surface area (Å²) in [5, 5.41) is 8.53. The second-order valence-electron chi connectivity index (χ2n) is 7.51. The number of hydrogen-bond donors (Lipinski definition) is 2. The van der Waals surface area contributed by atoms with Gasteiger partial charge in [-0.1, -0.05) is 11.6 Å². The molecule has 0 atom stereocenters. The summed E-state index contributed by atoms with van der Waals surface area (Å²) >= 11 is 0. The summed E-state index contributed by atoms with van der Waals surface area (Å²) in [5.41, 5.74) is 12.2. The monoisotopic (exact) mass is 400 g/mol. The van der Waals surface area contributed by atoms with Crippen LogP contribution in [0, 0.1) is 20.8 Å². The van der Waals surface area contributed by atoms with Gasteiger partial charge in [0.2, 0.25) is 0 Å². The Kier molecular flexibility index (Phi) is 5.18. The number of amides is 1. The number of anilines is 1. The molecule has 7 nitrogen and oxygen atoms in total. The highest BCUT2D eigenvalue weighted by Crippen LogP contribution is 2.17. The lowest BCUT2D eigenvalue weighted by molar-refractivity contribution is 0.0950. The summed E-state index contributed by atoms with van der Waals surface area (Å²) in [4.78, 5) is 21.4. The number of nitrogens with one attached hydrogen (secondary N) is 1. The third-order valence-electron chi connectivity index (χ3n) is 5.19. The van der Waals surface area contributed by atoms with Crippen LogP contribution in [0.2, 0.25) is 0 Å². The third-order valence-corrected chi connectivity index (χ3v) is 5.19. The van der Waals surface area contributed by atoms with Gasteiger partial charge in [0.25, 0.3) is 5.91 Å². The maximum absolute atomic E-state index is 12.7. The van der Waals surface area contributed by atoms with Crippen molar-refractivity contribution in [3.05, 3.63) is 82.4 Å². The Balaban J connectivity index is 1.49. The lowest BCUT2D eigenvalue weighted by atomic mass is 10.1. The second kappa shape index (κ2) is 7.94. The number of carbonyl (C=O) groups is 1. The fraction of sp³-hybridized carbons (Fsp3) is 0.217. The first-order valence-corrected chi connectivity index (χ1v) is 9.78. The van der Waals surface area contributed by atoms with Crippen molar-refractivity contribution in [2.75, 3.05) is 5.73 Å². The fourth-order valence-corrected chi connectivity index (χ4v) is 3.62. The number of fused-ring (bicyclic) bond motifs is 1. The molecular weight excluding hydrogens is 376 g/mol. The number of aromatic nitrogens is 4. The Bertz CT molecular complexity index is 1220. The van der Waals surface area contributed by atoms with Gasteiger partial charge < -0.3 is 11.1 Å². The van der Waals surface area contributed by atoms with E-state index in [1.165, 1.54) is 5.56 Å². The number of hydrogen-bond acceptors (Lipinski definition) is 5. The molecule has 3 heterocycles. The van der Waals surface area contributed by atoms with Crippen molar-refractivity contribution < 1.29 is 4.79 Å². The summed E-state index contributed by atoms with van der Waals surface area (Å²) in [6.07, 6.45) is 3.51. The molecule has 0 fully saturated rings. The predicted octanol–water partition coefficient (Wildman–Crippen LogP) is 3.31. The van der Waals surface area contributed by atoms with E-state index < -0.39 is 0 Å². The molecule has 0 saturated carbocycles. The molecule has 0 bridgehead atoms. The third kappa shape index (κ3) is 4.00. The van der Waals surface area contributed by atoms with E-state index in [-0.39, 0.29) is 5.91 Å². The molecule has 0 radical (unpaired) electrons. The van der Waals surface area contributed by atoms with Crippen LogP contribution in [0.3, 0.4) is 0 Å². The minimum absolute atomic E-state index is 0.157. The zero-order valence-corrected chi connectivity index (χ0v) is 17.3. The summed E-state index contributed by atoms with van der Waals surface area (Å²) in [6.45, 7) is 6.81. The van der Waals surface area contributed by atoms with Gasteiger partial charge in [-0.15, -0.1) is 0 Å². The summed E-state index contributed by atoms with van der Waals surface area (Å²) in [5.74, 6) is 0.329. The lowest BCUT2D eigenvalue weighted by Crippen LogP contribution is -2.24. The molecule has 0 saturated heterocycles. The first kappa shape index (κ1) is 19.6. The highest BCUT2D eigenvalue weighted by Gasteiger charge is 2.11. The molecule has 0 unspecified atom stereocenters. The van der Waals surface area contributed by atoms with E-state index in [4.69, 9.17) is 5.73 Å². The van der Waals surface area contributed by atoms with E-state index in [0.29, 0.717) is 24.5 Å². The molecule has 1 amide bonds. The number of aryl methyl sites for hydroxylation is 3. The van der Waals surface area contributed by atoms with Crippen LogP contribution in [0.5, 0.6) is 0 Å². The zero-order valence-electron chi connectivity index (χ0n) is 17.3. The number of rotatable bonds is 5. The minimum Gasteiger partial charge on any atom is -0.384 e. The smallest absolute Gasteiger partial charge is 0.251 e. The average molecular weight is 400 g/mol. The van der Waals surface area contributed by atoms with Gasteiger partial charge in [-0.25, -0.2) is 4.98 Å². The van der Waals surface area contributed by atoms with Gasteiger partial charge in [0.1, 0.15) is 5.82 Å². The largest absolute Gasteiger partial charge is 0.384 e. The van der Waals surface area contributed by atoms with Crippen LogP contribution in [0.4, 0.5) is 5.82 Å². The average Bonchev–Trinajstić information content (AvgIpc) is 3.09. The van der Waals surface area contributed by atoms with Gasteiger partial charge >= 0.3 is 0 Å². The Labute approximate surface area is 175 Å². The Hall–Kier alpha value is -3.74. The summed E-state index contributed by atoms with van der Waals surface area (Å²) in [7, 11) is 0. The highest BCUT2D eigenvalue weighted by molar-refractivity contribution is 5.94. The van der Waals surface area contributed by atoms with E-state index >= 15 is 0 Å². The van der Waals surface area contributed by atoms with Crippen LogP contribution in [0.1, 0.15) is 38.4 Å². The number of nitrogens with two attached hydrogens (primary N) is 1. The molecule has 4 aromatic rings. The number of pyridine rings is 2. The van der Waals surface area contributed by atoms with Crippen molar-refractivity contribution in [2.24, 2.45) is 0 Å². The minimum atomic E-state index is -0.157. The van der Waals surface area contributed by atoms with Gasteiger partial charge in [-0.3, -0.25) is 14.5 Å². The SMILES string of the molecule is Cc1ccc2c(cnn2Cc2cc(C(=O)NCc3c(C)cc(N)nc3C)ccn2)c1. The normalized spacial score (nSPS) is 11.0.